The molecule has 1 fully saturated rings. The number of hydrogen-bond donors (Lipinski definition) is 3. The van der Waals surface area contributed by atoms with Crippen molar-refractivity contribution in [3.05, 3.63) is 34.9 Å². The Morgan fingerprint density at radius 2 is 1.80 bits per heavy atom. The minimum atomic E-state index is -3.70. The van der Waals surface area contributed by atoms with E-state index in [2.05, 4.69) is 36.5 Å². The third kappa shape index (κ3) is 4.90. The Morgan fingerprint density at radius 1 is 1.12 bits per heavy atom. The molecule has 1 aliphatic carbocycles. The predicted octanol–water partition coefficient (Wildman–Crippen LogP) is 3.37. The molecule has 2 aromatic rings. The minimum absolute atomic E-state index is 0.0643. The fourth-order valence-electron chi connectivity index (χ4n) is 2.83. The van der Waals surface area contributed by atoms with Crippen molar-refractivity contribution < 1.29 is 8.42 Å². The van der Waals surface area contributed by atoms with E-state index in [4.69, 9.17) is 5.14 Å². The zero-order valence-corrected chi connectivity index (χ0v) is 16.0. The van der Waals surface area contributed by atoms with Crippen molar-refractivity contribution in [3.8, 4) is 0 Å². The normalized spacial score (nSPS) is 15.8. The van der Waals surface area contributed by atoms with Gasteiger partial charge in [-0.15, -0.1) is 0 Å². The zero-order valence-electron chi connectivity index (χ0n) is 13.6. The van der Waals surface area contributed by atoms with Gasteiger partial charge in [0.2, 0.25) is 16.0 Å². The number of primary sulfonamides is 1. The van der Waals surface area contributed by atoms with E-state index in [9.17, 15) is 8.42 Å². The van der Waals surface area contributed by atoms with Gasteiger partial charge in [0.05, 0.1) is 9.37 Å². The van der Waals surface area contributed by atoms with Crippen LogP contribution in [0.5, 0.6) is 0 Å². The van der Waals surface area contributed by atoms with E-state index >= 15 is 0 Å². The van der Waals surface area contributed by atoms with E-state index < -0.39 is 10.0 Å². The first-order chi connectivity index (χ1) is 11.9. The molecule has 1 aromatic heterocycles. The molecule has 1 saturated carbocycles. The highest BCUT2D eigenvalue weighted by Crippen LogP contribution is 2.26. The number of nitrogens with one attached hydrogen (secondary N) is 2. The Bertz CT molecular complexity index is 836. The Kier molecular flexibility index (Phi) is 5.55. The van der Waals surface area contributed by atoms with E-state index in [0.717, 1.165) is 23.1 Å². The molecule has 7 nitrogen and oxygen atoms in total. The summed E-state index contributed by atoms with van der Waals surface area (Å²) in [5, 5.41) is 11.6. The van der Waals surface area contributed by atoms with Gasteiger partial charge in [-0.05, 0) is 53.0 Å². The van der Waals surface area contributed by atoms with Crippen molar-refractivity contribution in [1.29, 1.82) is 0 Å². The van der Waals surface area contributed by atoms with Crippen LogP contribution in [0, 0.1) is 0 Å². The molecule has 0 unspecified atom stereocenters. The van der Waals surface area contributed by atoms with Crippen LogP contribution >= 0.6 is 15.9 Å². The monoisotopic (exact) mass is 425 g/mol. The second-order valence-electron chi connectivity index (χ2n) is 6.06. The number of nitrogens with two attached hydrogens (primary N) is 1. The van der Waals surface area contributed by atoms with Crippen LogP contribution in [0.15, 0.2) is 39.8 Å². The molecule has 0 radical (unpaired) electrons. The van der Waals surface area contributed by atoms with Gasteiger partial charge in [-0.25, -0.2) is 18.5 Å². The molecule has 1 aromatic carbocycles. The maximum absolute atomic E-state index is 11.3. The number of rotatable bonds is 5. The van der Waals surface area contributed by atoms with Gasteiger partial charge in [0, 0.05) is 17.9 Å². The largest absolute Gasteiger partial charge is 0.366 e. The van der Waals surface area contributed by atoms with Gasteiger partial charge in [0.1, 0.15) is 5.82 Å². The van der Waals surface area contributed by atoms with Gasteiger partial charge in [-0.3, -0.25) is 0 Å². The lowest BCUT2D eigenvalue weighted by Crippen LogP contribution is -2.23. The van der Waals surface area contributed by atoms with Crippen LogP contribution in [-0.4, -0.2) is 24.4 Å². The first-order valence-corrected chi connectivity index (χ1v) is 10.4. The first kappa shape index (κ1) is 18.1. The van der Waals surface area contributed by atoms with Crippen LogP contribution in [0.3, 0.4) is 0 Å². The molecule has 1 aliphatic rings. The van der Waals surface area contributed by atoms with Crippen LogP contribution in [0.4, 0.5) is 17.5 Å². The van der Waals surface area contributed by atoms with Crippen LogP contribution < -0.4 is 15.8 Å². The van der Waals surface area contributed by atoms with Gasteiger partial charge in [0.25, 0.3) is 0 Å². The molecule has 0 atom stereocenters. The van der Waals surface area contributed by atoms with E-state index in [1.165, 1.54) is 31.4 Å². The summed E-state index contributed by atoms with van der Waals surface area (Å²) in [7, 11) is -3.70. The molecule has 0 spiro atoms. The Morgan fingerprint density at radius 3 is 2.44 bits per heavy atom. The van der Waals surface area contributed by atoms with Crippen LogP contribution in [0.1, 0.15) is 32.1 Å². The number of anilines is 3. The maximum Gasteiger partial charge on any atom is 0.238 e. The van der Waals surface area contributed by atoms with Crippen molar-refractivity contribution in [1.82, 2.24) is 9.97 Å². The topological polar surface area (TPSA) is 110 Å². The van der Waals surface area contributed by atoms with E-state index in [1.54, 1.807) is 18.3 Å². The van der Waals surface area contributed by atoms with E-state index in [1.807, 2.05) is 0 Å². The molecular formula is C16H20BrN5O2S. The molecule has 3 rings (SSSR count). The molecule has 0 saturated heterocycles. The van der Waals surface area contributed by atoms with Crippen molar-refractivity contribution in [2.45, 2.75) is 43.0 Å². The highest BCUT2D eigenvalue weighted by molar-refractivity contribution is 9.10. The van der Waals surface area contributed by atoms with E-state index in [0.29, 0.717) is 17.7 Å². The summed E-state index contributed by atoms with van der Waals surface area (Å²) in [6.45, 7) is 0. The quantitative estimate of drug-likeness (QED) is 0.676. The second-order valence-corrected chi connectivity index (χ2v) is 8.48. The Balaban J connectivity index is 1.73. The molecule has 0 bridgehead atoms. The maximum atomic E-state index is 11.3. The summed E-state index contributed by atoms with van der Waals surface area (Å²) in [6, 6.07) is 6.57. The van der Waals surface area contributed by atoms with Crippen LogP contribution in [0.2, 0.25) is 0 Å². The molecule has 134 valence electrons. The molecule has 4 N–H and O–H groups in total. The number of sulfonamides is 1. The summed E-state index contributed by atoms with van der Waals surface area (Å²) in [6.07, 6.45) is 7.76. The van der Waals surface area contributed by atoms with Gasteiger partial charge < -0.3 is 10.6 Å². The van der Waals surface area contributed by atoms with Crippen molar-refractivity contribution in [2.24, 2.45) is 5.14 Å². The predicted molar refractivity (Wildman–Crippen MR) is 101 cm³/mol. The lowest BCUT2D eigenvalue weighted by molar-refractivity contribution is 0.461. The average molecular weight is 426 g/mol. The van der Waals surface area contributed by atoms with Gasteiger partial charge in [0.15, 0.2) is 0 Å². The number of benzene rings is 1. The fraction of sp³-hybridized carbons (Fsp3) is 0.375. The van der Waals surface area contributed by atoms with Gasteiger partial charge in [-0.1, -0.05) is 19.3 Å². The molecule has 1 heterocycles. The molecular weight excluding hydrogens is 406 g/mol. The van der Waals surface area contributed by atoms with E-state index in [-0.39, 0.29) is 4.90 Å². The first-order valence-electron chi connectivity index (χ1n) is 8.11. The molecule has 0 amide bonds. The van der Waals surface area contributed by atoms with Crippen molar-refractivity contribution in [2.75, 3.05) is 10.6 Å². The van der Waals surface area contributed by atoms with Crippen LogP contribution in [0.25, 0.3) is 0 Å². The van der Waals surface area contributed by atoms with Gasteiger partial charge in [-0.2, -0.15) is 4.98 Å². The summed E-state index contributed by atoms with van der Waals surface area (Å²) in [5.41, 5.74) is 0.679. The van der Waals surface area contributed by atoms with Crippen LogP contribution in [-0.2, 0) is 10.0 Å². The summed E-state index contributed by atoms with van der Waals surface area (Å²) >= 11 is 3.48. The molecule has 25 heavy (non-hydrogen) atoms. The third-order valence-electron chi connectivity index (χ3n) is 4.13. The Labute approximate surface area is 155 Å². The number of nitrogens with zero attached hydrogens (tertiary/aromatic N) is 2. The highest BCUT2D eigenvalue weighted by atomic mass is 79.9. The molecule has 9 heteroatoms. The summed E-state index contributed by atoms with van der Waals surface area (Å²) in [4.78, 5) is 8.82. The van der Waals surface area contributed by atoms with Crippen molar-refractivity contribution >= 4 is 43.4 Å². The number of aromatic nitrogens is 2. The Hall–Kier alpha value is -1.71. The zero-order chi connectivity index (χ0) is 17.9. The highest BCUT2D eigenvalue weighted by Gasteiger charge is 2.15. The smallest absolute Gasteiger partial charge is 0.238 e. The second kappa shape index (κ2) is 7.67. The number of halogens is 1. The SMILES string of the molecule is NS(=O)(=O)c1ccc(Nc2ncc(Br)c(NC3CCCCC3)n2)cc1. The lowest BCUT2D eigenvalue weighted by Gasteiger charge is -2.23. The third-order valence-corrected chi connectivity index (χ3v) is 5.64. The lowest BCUT2D eigenvalue weighted by atomic mass is 9.95. The summed E-state index contributed by atoms with van der Waals surface area (Å²) in [5.74, 6) is 1.19. The average Bonchev–Trinajstić information content (AvgIpc) is 2.58. The minimum Gasteiger partial charge on any atom is -0.366 e. The number of hydrogen-bond acceptors (Lipinski definition) is 6. The van der Waals surface area contributed by atoms with Crippen molar-refractivity contribution in [3.63, 3.8) is 0 Å². The molecule has 0 aliphatic heterocycles. The fourth-order valence-corrected chi connectivity index (χ4v) is 3.65. The van der Waals surface area contributed by atoms with Gasteiger partial charge >= 0.3 is 0 Å². The summed E-state index contributed by atoms with van der Waals surface area (Å²) < 4.78 is 23.4. The standard InChI is InChI=1S/C16H20BrN5O2S/c17-14-10-19-16(22-15(14)20-11-4-2-1-3-5-11)21-12-6-8-13(9-7-12)25(18,23)24/h6-11H,1-5H2,(H2,18,23,24)(H2,19,20,21,22).